The summed E-state index contributed by atoms with van der Waals surface area (Å²) in [5.41, 5.74) is 2.58. The van der Waals surface area contributed by atoms with Crippen molar-refractivity contribution >= 4 is 0 Å². The average Bonchev–Trinajstić information content (AvgIpc) is 2.62. The monoisotopic (exact) mass is 334 g/mol. The molecule has 2 aromatic carbocycles. The average molecular weight is 334 g/mol. The number of ether oxygens (including phenoxy) is 2. The van der Waals surface area contributed by atoms with E-state index in [0.29, 0.717) is 12.2 Å². The van der Waals surface area contributed by atoms with Gasteiger partial charge in [-0.15, -0.1) is 0 Å². The number of rotatable bonds is 2. The standard InChI is InChI=1S/C21H22N2O2/c1-21(2)20-19(17-12-16(13-22)8-9-18(17)25-21)23(10-11-24-20)14-15-6-4-3-5-7-15/h3-9,12,19-20H,10-11,14H2,1-2H3/t19-,20+/m0/s1. The molecule has 0 bridgehead atoms. The molecule has 4 heteroatoms. The van der Waals surface area contributed by atoms with Crippen molar-refractivity contribution in [3.63, 3.8) is 0 Å². The molecule has 2 heterocycles. The van der Waals surface area contributed by atoms with Gasteiger partial charge in [0.25, 0.3) is 0 Å². The lowest BCUT2D eigenvalue weighted by atomic mass is 9.83. The van der Waals surface area contributed by atoms with E-state index in [4.69, 9.17) is 9.47 Å². The zero-order valence-electron chi connectivity index (χ0n) is 14.6. The van der Waals surface area contributed by atoms with Gasteiger partial charge in [0.15, 0.2) is 0 Å². The van der Waals surface area contributed by atoms with E-state index in [1.165, 1.54) is 5.56 Å². The molecule has 2 aliphatic rings. The van der Waals surface area contributed by atoms with Crippen LogP contribution in [0.25, 0.3) is 0 Å². The summed E-state index contributed by atoms with van der Waals surface area (Å²) in [6.07, 6.45) is -0.0635. The van der Waals surface area contributed by atoms with Gasteiger partial charge >= 0.3 is 0 Å². The Balaban J connectivity index is 1.76. The van der Waals surface area contributed by atoms with E-state index in [0.717, 1.165) is 24.4 Å². The van der Waals surface area contributed by atoms with Gasteiger partial charge < -0.3 is 9.47 Å². The van der Waals surface area contributed by atoms with Crippen molar-refractivity contribution < 1.29 is 9.47 Å². The Bertz CT molecular complexity index is 810. The van der Waals surface area contributed by atoms with Crippen LogP contribution in [0, 0.1) is 11.3 Å². The maximum absolute atomic E-state index is 9.30. The molecule has 1 fully saturated rings. The third kappa shape index (κ3) is 2.90. The third-order valence-electron chi connectivity index (χ3n) is 5.10. The second-order valence-electron chi connectivity index (χ2n) is 7.26. The molecule has 0 amide bonds. The summed E-state index contributed by atoms with van der Waals surface area (Å²) in [6, 6.07) is 18.5. The van der Waals surface area contributed by atoms with Crippen LogP contribution in [0.2, 0.25) is 0 Å². The topological polar surface area (TPSA) is 45.5 Å². The minimum Gasteiger partial charge on any atom is -0.485 e. The molecule has 0 aromatic heterocycles. The summed E-state index contributed by atoms with van der Waals surface area (Å²) in [4.78, 5) is 2.45. The van der Waals surface area contributed by atoms with Gasteiger partial charge in [0.1, 0.15) is 17.5 Å². The van der Waals surface area contributed by atoms with Gasteiger partial charge in [0.05, 0.1) is 24.3 Å². The number of morpholine rings is 1. The highest BCUT2D eigenvalue weighted by Crippen LogP contribution is 2.46. The van der Waals surface area contributed by atoms with E-state index >= 15 is 0 Å². The zero-order valence-corrected chi connectivity index (χ0v) is 14.6. The van der Waals surface area contributed by atoms with Crippen LogP contribution in [-0.2, 0) is 11.3 Å². The zero-order chi connectivity index (χ0) is 17.4. The summed E-state index contributed by atoms with van der Waals surface area (Å²) >= 11 is 0. The quantitative estimate of drug-likeness (QED) is 0.840. The van der Waals surface area contributed by atoms with Crippen molar-refractivity contribution in [1.29, 1.82) is 5.26 Å². The number of fused-ring (bicyclic) bond motifs is 3. The Morgan fingerprint density at radius 3 is 2.76 bits per heavy atom. The van der Waals surface area contributed by atoms with Gasteiger partial charge in [-0.2, -0.15) is 5.26 Å². The predicted molar refractivity (Wildman–Crippen MR) is 95.2 cm³/mol. The van der Waals surface area contributed by atoms with Crippen molar-refractivity contribution in [3.8, 4) is 11.8 Å². The van der Waals surface area contributed by atoms with Gasteiger partial charge in [-0.1, -0.05) is 30.3 Å². The van der Waals surface area contributed by atoms with Crippen molar-refractivity contribution in [3.05, 3.63) is 65.2 Å². The molecule has 25 heavy (non-hydrogen) atoms. The maximum atomic E-state index is 9.30. The molecule has 0 unspecified atom stereocenters. The van der Waals surface area contributed by atoms with Gasteiger partial charge in [-0.25, -0.2) is 0 Å². The first-order valence-corrected chi connectivity index (χ1v) is 8.71. The molecule has 128 valence electrons. The second kappa shape index (κ2) is 6.18. The highest BCUT2D eigenvalue weighted by molar-refractivity contribution is 5.46. The normalized spacial score (nSPS) is 24.5. The highest BCUT2D eigenvalue weighted by Gasteiger charge is 2.49. The molecule has 4 nitrogen and oxygen atoms in total. The van der Waals surface area contributed by atoms with Crippen LogP contribution in [-0.4, -0.2) is 29.8 Å². The smallest absolute Gasteiger partial charge is 0.131 e. The summed E-state index contributed by atoms with van der Waals surface area (Å²) < 4.78 is 12.4. The summed E-state index contributed by atoms with van der Waals surface area (Å²) in [6.45, 7) is 6.57. The van der Waals surface area contributed by atoms with E-state index in [2.05, 4.69) is 49.1 Å². The lowest BCUT2D eigenvalue weighted by molar-refractivity contribution is -0.163. The first-order chi connectivity index (χ1) is 12.1. The number of benzene rings is 2. The van der Waals surface area contributed by atoms with Crippen LogP contribution in [0.4, 0.5) is 0 Å². The van der Waals surface area contributed by atoms with Gasteiger partial charge in [0.2, 0.25) is 0 Å². The van der Waals surface area contributed by atoms with Crippen LogP contribution in [0.5, 0.6) is 5.75 Å². The Kier molecular flexibility index (Phi) is 3.99. The summed E-state index contributed by atoms with van der Waals surface area (Å²) in [5.74, 6) is 0.855. The molecule has 0 aliphatic carbocycles. The molecule has 0 N–H and O–H groups in total. The maximum Gasteiger partial charge on any atom is 0.131 e. The van der Waals surface area contributed by atoms with Crippen LogP contribution < -0.4 is 4.74 Å². The van der Waals surface area contributed by atoms with Crippen molar-refractivity contribution in [2.75, 3.05) is 13.2 Å². The molecule has 2 atom stereocenters. The van der Waals surface area contributed by atoms with Crippen LogP contribution >= 0.6 is 0 Å². The minimum absolute atomic E-state index is 0.0635. The lowest BCUT2D eigenvalue weighted by Gasteiger charge is -2.51. The Morgan fingerprint density at radius 2 is 2.00 bits per heavy atom. The fourth-order valence-corrected chi connectivity index (χ4v) is 3.94. The van der Waals surface area contributed by atoms with Crippen molar-refractivity contribution in [2.24, 2.45) is 0 Å². The Hall–Kier alpha value is -2.35. The van der Waals surface area contributed by atoms with Crippen molar-refractivity contribution in [1.82, 2.24) is 4.90 Å². The Labute approximate surface area is 148 Å². The van der Waals surface area contributed by atoms with E-state index in [1.54, 1.807) is 0 Å². The highest BCUT2D eigenvalue weighted by atomic mass is 16.6. The summed E-state index contributed by atoms with van der Waals surface area (Å²) in [7, 11) is 0. The first kappa shape index (κ1) is 16.1. The SMILES string of the molecule is CC1(C)Oc2ccc(C#N)cc2[C@H]2[C@H]1OCCN2Cc1ccccc1. The predicted octanol–water partition coefficient (Wildman–Crippen LogP) is 3.67. The molecule has 2 aromatic rings. The van der Waals surface area contributed by atoms with E-state index in [9.17, 15) is 5.26 Å². The number of hydrogen-bond donors (Lipinski definition) is 0. The van der Waals surface area contributed by atoms with E-state index < -0.39 is 5.60 Å². The van der Waals surface area contributed by atoms with E-state index in [-0.39, 0.29) is 12.1 Å². The second-order valence-corrected chi connectivity index (χ2v) is 7.26. The summed E-state index contributed by atoms with van der Waals surface area (Å²) in [5, 5.41) is 9.30. The van der Waals surface area contributed by atoms with Crippen LogP contribution in [0.15, 0.2) is 48.5 Å². The molecular formula is C21H22N2O2. The molecule has 0 spiro atoms. The first-order valence-electron chi connectivity index (χ1n) is 8.71. The minimum atomic E-state index is -0.415. The molecule has 0 saturated carbocycles. The molecule has 2 aliphatic heterocycles. The lowest BCUT2D eigenvalue weighted by Crippen LogP contribution is -2.58. The number of nitriles is 1. The molecular weight excluding hydrogens is 312 g/mol. The number of nitrogens with zero attached hydrogens (tertiary/aromatic N) is 2. The molecule has 4 rings (SSSR count). The van der Waals surface area contributed by atoms with Crippen molar-refractivity contribution in [2.45, 2.75) is 38.1 Å². The third-order valence-corrected chi connectivity index (χ3v) is 5.10. The Morgan fingerprint density at radius 1 is 1.20 bits per heavy atom. The molecule has 1 saturated heterocycles. The van der Waals surface area contributed by atoms with Gasteiger partial charge in [-0.3, -0.25) is 4.90 Å². The van der Waals surface area contributed by atoms with Gasteiger partial charge in [-0.05, 0) is 37.6 Å². The van der Waals surface area contributed by atoms with Crippen LogP contribution in [0.3, 0.4) is 0 Å². The van der Waals surface area contributed by atoms with Crippen LogP contribution in [0.1, 0.15) is 36.6 Å². The fraction of sp³-hybridized carbons (Fsp3) is 0.381. The largest absolute Gasteiger partial charge is 0.485 e. The van der Waals surface area contributed by atoms with Gasteiger partial charge in [0, 0.05) is 18.7 Å². The van der Waals surface area contributed by atoms with E-state index in [1.807, 2.05) is 24.3 Å². The molecule has 0 radical (unpaired) electrons. The fourth-order valence-electron chi connectivity index (χ4n) is 3.94. The number of hydrogen-bond acceptors (Lipinski definition) is 4.